The van der Waals surface area contributed by atoms with E-state index in [0.717, 1.165) is 25.0 Å². The standard InChI is InChI=1S/C35H35F9O/c1-2-3-4-20-16-27(36)25(28(37)17-20)13-6-19-5-12-24-26(15-19)33(40)34(41)31(32(24)39)22-9-7-21(8-10-22)23-11-14-30(29(38)18-23)45-35(42,43)44/h11,14,16-19,21-22H,2-10,12-13,15H2,1H3. The number of benzene rings is 3. The van der Waals surface area contributed by atoms with E-state index in [1.54, 1.807) is 0 Å². The highest BCUT2D eigenvalue weighted by molar-refractivity contribution is 5.41. The van der Waals surface area contributed by atoms with Gasteiger partial charge < -0.3 is 4.74 Å². The molecule has 0 amide bonds. The number of rotatable bonds is 9. The van der Waals surface area contributed by atoms with Crippen LogP contribution in [0.1, 0.15) is 104 Å². The van der Waals surface area contributed by atoms with Gasteiger partial charge in [0.2, 0.25) is 0 Å². The van der Waals surface area contributed by atoms with Crippen LogP contribution in [0.25, 0.3) is 0 Å². The van der Waals surface area contributed by atoms with Crippen molar-refractivity contribution in [3.63, 3.8) is 0 Å². The Morgan fingerprint density at radius 3 is 2.02 bits per heavy atom. The SMILES string of the molecule is CCCCc1cc(F)c(CCC2CCc3c(F)c(C4CCC(c5ccc(OC(F)(F)F)c(F)c5)CC4)c(F)c(F)c3C2)c(F)c1. The maximum Gasteiger partial charge on any atom is 0.573 e. The van der Waals surface area contributed by atoms with E-state index in [4.69, 9.17) is 0 Å². The van der Waals surface area contributed by atoms with Gasteiger partial charge in [0.25, 0.3) is 0 Å². The van der Waals surface area contributed by atoms with Crippen LogP contribution >= 0.6 is 0 Å². The molecule has 0 aromatic heterocycles. The van der Waals surface area contributed by atoms with Crippen molar-refractivity contribution in [1.29, 1.82) is 0 Å². The van der Waals surface area contributed by atoms with Crippen molar-refractivity contribution in [2.45, 2.75) is 102 Å². The molecule has 2 aliphatic carbocycles. The minimum atomic E-state index is -5.03. The highest BCUT2D eigenvalue weighted by Crippen LogP contribution is 2.45. The highest BCUT2D eigenvalue weighted by Gasteiger charge is 2.36. The number of halogens is 9. The Bertz CT molecular complexity index is 1500. The molecular weight excluding hydrogens is 607 g/mol. The molecule has 0 bridgehead atoms. The van der Waals surface area contributed by atoms with E-state index in [2.05, 4.69) is 4.74 Å². The minimum absolute atomic E-state index is 0.0221. The molecule has 1 nitrogen and oxygen atoms in total. The Kier molecular flexibility index (Phi) is 10.1. The van der Waals surface area contributed by atoms with Gasteiger partial charge in [-0.15, -0.1) is 13.2 Å². The van der Waals surface area contributed by atoms with Gasteiger partial charge >= 0.3 is 6.36 Å². The molecule has 0 N–H and O–H groups in total. The third kappa shape index (κ3) is 7.46. The smallest absolute Gasteiger partial charge is 0.403 e. The molecule has 0 heterocycles. The van der Waals surface area contributed by atoms with Gasteiger partial charge in [-0.2, -0.15) is 0 Å². The molecule has 0 aliphatic heterocycles. The molecule has 0 radical (unpaired) electrons. The lowest BCUT2D eigenvalue weighted by molar-refractivity contribution is -0.275. The number of hydrogen-bond donors (Lipinski definition) is 0. The Morgan fingerprint density at radius 1 is 0.733 bits per heavy atom. The van der Waals surface area contributed by atoms with Crippen LogP contribution in [0.15, 0.2) is 30.3 Å². The molecule has 2 aliphatic rings. The minimum Gasteiger partial charge on any atom is -0.403 e. The summed E-state index contributed by atoms with van der Waals surface area (Å²) >= 11 is 0. The van der Waals surface area contributed by atoms with Crippen LogP contribution in [0.3, 0.4) is 0 Å². The number of aryl methyl sites for hydroxylation is 1. The molecule has 1 fully saturated rings. The van der Waals surface area contributed by atoms with Gasteiger partial charge in [0.1, 0.15) is 17.5 Å². The summed E-state index contributed by atoms with van der Waals surface area (Å²) in [6.07, 6.45) is -0.206. The predicted molar refractivity (Wildman–Crippen MR) is 152 cm³/mol. The Hall–Kier alpha value is -3.17. The summed E-state index contributed by atoms with van der Waals surface area (Å²) in [6.45, 7) is 1.99. The molecule has 3 aromatic rings. The summed E-state index contributed by atoms with van der Waals surface area (Å²) in [6, 6.07) is 5.94. The quantitative estimate of drug-likeness (QED) is 0.167. The van der Waals surface area contributed by atoms with E-state index in [-0.39, 0.29) is 66.2 Å². The molecule has 0 spiro atoms. The average molecular weight is 643 g/mol. The van der Waals surface area contributed by atoms with Crippen molar-refractivity contribution in [3.8, 4) is 5.75 Å². The van der Waals surface area contributed by atoms with Crippen molar-refractivity contribution >= 4 is 0 Å². The van der Waals surface area contributed by atoms with Crippen LogP contribution in [0.4, 0.5) is 39.5 Å². The van der Waals surface area contributed by atoms with Crippen LogP contribution in [0, 0.1) is 40.8 Å². The zero-order valence-corrected chi connectivity index (χ0v) is 24.9. The van der Waals surface area contributed by atoms with Gasteiger partial charge in [0, 0.05) is 11.1 Å². The Labute approximate surface area is 256 Å². The molecule has 3 aromatic carbocycles. The molecular formula is C35H35F9O. The van der Waals surface area contributed by atoms with Crippen LogP contribution in [0.2, 0.25) is 0 Å². The lowest BCUT2D eigenvalue weighted by Gasteiger charge is -2.32. The number of alkyl halides is 3. The van der Waals surface area contributed by atoms with Gasteiger partial charge in [-0.1, -0.05) is 19.4 Å². The molecule has 0 saturated heterocycles. The normalized spacial score (nSPS) is 20.3. The lowest BCUT2D eigenvalue weighted by atomic mass is 9.73. The van der Waals surface area contributed by atoms with Gasteiger partial charge in [-0.25, -0.2) is 26.3 Å². The van der Waals surface area contributed by atoms with Crippen molar-refractivity contribution < 1.29 is 44.3 Å². The van der Waals surface area contributed by atoms with Gasteiger partial charge in [-0.3, -0.25) is 0 Å². The second kappa shape index (κ2) is 13.7. The first-order chi connectivity index (χ1) is 21.4. The van der Waals surface area contributed by atoms with E-state index in [1.807, 2.05) is 6.92 Å². The van der Waals surface area contributed by atoms with Crippen LogP contribution in [0.5, 0.6) is 5.75 Å². The monoisotopic (exact) mass is 642 g/mol. The predicted octanol–water partition coefficient (Wildman–Crippen LogP) is 10.9. The number of hydrogen-bond acceptors (Lipinski definition) is 1. The zero-order valence-electron chi connectivity index (χ0n) is 24.9. The largest absolute Gasteiger partial charge is 0.573 e. The van der Waals surface area contributed by atoms with E-state index in [9.17, 15) is 26.3 Å². The molecule has 1 atom stereocenters. The summed E-state index contributed by atoms with van der Waals surface area (Å²) in [5.41, 5.74) is 0.848. The Morgan fingerprint density at radius 2 is 1.40 bits per heavy atom. The van der Waals surface area contributed by atoms with Gasteiger partial charge in [0.05, 0.1) is 0 Å². The summed E-state index contributed by atoms with van der Waals surface area (Å²) < 4.78 is 131. The van der Waals surface area contributed by atoms with E-state index >= 15 is 13.2 Å². The Balaban J connectivity index is 1.24. The first kappa shape index (κ1) is 33.2. The number of ether oxygens (including phenoxy) is 1. The fourth-order valence-corrected chi connectivity index (χ4v) is 7.05. The molecule has 10 heteroatoms. The summed E-state index contributed by atoms with van der Waals surface area (Å²) in [4.78, 5) is 0. The summed E-state index contributed by atoms with van der Waals surface area (Å²) in [7, 11) is 0. The number of fused-ring (bicyclic) bond motifs is 1. The first-order valence-corrected chi connectivity index (χ1v) is 15.6. The van der Waals surface area contributed by atoms with Crippen molar-refractivity contribution in [3.05, 3.63) is 98.6 Å². The first-order valence-electron chi connectivity index (χ1n) is 15.6. The van der Waals surface area contributed by atoms with Crippen LogP contribution < -0.4 is 4.74 Å². The van der Waals surface area contributed by atoms with Gasteiger partial charge in [0.15, 0.2) is 23.2 Å². The van der Waals surface area contributed by atoms with E-state index in [0.29, 0.717) is 43.2 Å². The second-order valence-corrected chi connectivity index (χ2v) is 12.4. The van der Waals surface area contributed by atoms with Crippen molar-refractivity contribution in [1.82, 2.24) is 0 Å². The third-order valence-corrected chi connectivity index (χ3v) is 9.47. The summed E-state index contributed by atoms with van der Waals surface area (Å²) in [5.74, 6) is -7.45. The highest BCUT2D eigenvalue weighted by atomic mass is 19.4. The van der Waals surface area contributed by atoms with Crippen LogP contribution in [-0.4, -0.2) is 6.36 Å². The van der Waals surface area contributed by atoms with Gasteiger partial charge in [-0.05, 0) is 135 Å². The third-order valence-electron chi connectivity index (χ3n) is 9.47. The molecule has 5 rings (SSSR count). The molecule has 45 heavy (non-hydrogen) atoms. The van der Waals surface area contributed by atoms with Crippen LogP contribution in [-0.2, 0) is 25.7 Å². The van der Waals surface area contributed by atoms with Crippen molar-refractivity contribution in [2.75, 3.05) is 0 Å². The van der Waals surface area contributed by atoms with E-state index in [1.165, 1.54) is 18.2 Å². The zero-order chi connectivity index (χ0) is 32.5. The molecule has 1 unspecified atom stereocenters. The summed E-state index contributed by atoms with van der Waals surface area (Å²) in [5, 5.41) is 0. The molecule has 244 valence electrons. The van der Waals surface area contributed by atoms with Crippen molar-refractivity contribution in [2.24, 2.45) is 5.92 Å². The maximum atomic E-state index is 15.8. The maximum absolute atomic E-state index is 15.8. The fraction of sp³-hybridized carbons (Fsp3) is 0.486. The van der Waals surface area contributed by atoms with E-state index < -0.39 is 52.9 Å². The lowest BCUT2D eigenvalue weighted by Crippen LogP contribution is -2.23. The second-order valence-electron chi connectivity index (χ2n) is 12.4. The molecule has 1 saturated carbocycles. The average Bonchev–Trinajstić information content (AvgIpc) is 2.99. The topological polar surface area (TPSA) is 9.23 Å². The number of unbranched alkanes of at least 4 members (excludes halogenated alkanes) is 1. The fourth-order valence-electron chi connectivity index (χ4n) is 7.05.